The van der Waals surface area contributed by atoms with Gasteiger partial charge in [-0.15, -0.1) is 0 Å². The number of nitrogens with one attached hydrogen (secondary N) is 1. The lowest BCUT2D eigenvalue weighted by Gasteiger charge is -2.08. The Bertz CT molecular complexity index is 281. The lowest BCUT2D eigenvalue weighted by Crippen LogP contribution is -2.36. The van der Waals surface area contributed by atoms with E-state index in [1.54, 1.807) is 24.0 Å². The van der Waals surface area contributed by atoms with E-state index in [1.807, 2.05) is 6.92 Å². The molecule has 66 valence electrons. The topological polar surface area (TPSA) is 72.9 Å². The van der Waals surface area contributed by atoms with E-state index in [9.17, 15) is 4.79 Å². The molecule has 3 N–H and O–H groups in total. The van der Waals surface area contributed by atoms with E-state index in [1.165, 1.54) is 0 Å². The molecule has 12 heavy (non-hydrogen) atoms. The largest absolute Gasteiger partial charge is 0.292 e. The van der Waals surface area contributed by atoms with Crippen molar-refractivity contribution in [3.8, 4) is 0 Å². The van der Waals surface area contributed by atoms with Crippen molar-refractivity contribution in [3.05, 3.63) is 18.0 Å². The van der Waals surface area contributed by atoms with Gasteiger partial charge in [-0.3, -0.25) is 14.9 Å². The molecule has 0 bridgehead atoms. The maximum Gasteiger partial charge on any atom is 0.258 e. The monoisotopic (exact) mass is 168 g/mol. The van der Waals surface area contributed by atoms with E-state index in [2.05, 4.69) is 10.5 Å². The summed E-state index contributed by atoms with van der Waals surface area (Å²) in [6.07, 6.45) is 3.49. The maximum atomic E-state index is 11.0. The van der Waals surface area contributed by atoms with Crippen molar-refractivity contribution in [3.63, 3.8) is 0 Å². The number of nitrogens with zero attached hydrogens (tertiary/aromatic N) is 2. The number of carbonyl (C=O) groups is 1. The van der Waals surface area contributed by atoms with Crippen molar-refractivity contribution < 1.29 is 4.79 Å². The minimum atomic E-state index is -0.358. The number of carbonyl (C=O) groups excluding carboxylic acids is 1. The first-order valence-electron chi connectivity index (χ1n) is 3.66. The zero-order valence-electron chi connectivity index (χ0n) is 7.11. The Kier molecular flexibility index (Phi) is 2.44. The van der Waals surface area contributed by atoms with Crippen LogP contribution in [0.4, 0.5) is 0 Å². The van der Waals surface area contributed by atoms with Gasteiger partial charge >= 0.3 is 0 Å². The number of nitrogens with two attached hydrogens (primary N) is 1. The van der Waals surface area contributed by atoms with Gasteiger partial charge in [0.1, 0.15) is 6.04 Å². The predicted octanol–water partition coefficient (Wildman–Crippen LogP) is -0.258. The third kappa shape index (κ3) is 1.62. The molecule has 1 heterocycles. The maximum absolute atomic E-state index is 11.0. The van der Waals surface area contributed by atoms with Crippen molar-refractivity contribution in [1.82, 2.24) is 15.2 Å². The van der Waals surface area contributed by atoms with Crippen LogP contribution < -0.4 is 11.3 Å². The molecule has 5 heteroatoms. The SMILES string of the molecule is Cc1cnn([C@H](C)C(=O)NN)c1. The van der Waals surface area contributed by atoms with E-state index in [0.29, 0.717) is 0 Å². The van der Waals surface area contributed by atoms with Gasteiger partial charge in [0.05, 0.1) is 6.20 Å². The van der Waals surface area contributed by atoms with Gasteiger partial charge in [-0.2, -0.15) is 5.10 Å². The van der Waals surface area contributed by atoms with Crippen LogP contribution in [0.25, 0.3) is 0 Å². The molecule has 0 radical (unpaired) electrons. The van der Waals surface area contributed by atoms with Crippen LogP contribution in [0.5, 0.6) is 0 Å². The Labute approximate surface area is 70.5 Å². The van der Waals surface area contributed by atoms with Gasteiger partial charge in [-0.05, 0) is 19.4 Å². The highest BCUT2D eigenvalue weighted by Crippen LogP contribution is 2.04. The fraction of sp³-hybridized carbons (Fsp3) is 0.429. The second-order valence-corrected chi connectivity index (χ2v) is 2.68. The Morgan fingerprint density at radius 2 is 2.50 bits per heavy atom. The number of aryl methyl sites for hydroxylation is 1. The Balaban J connectivity index is 2.77. The second kappa shape index (κ2) is 3.36. The number of aromatic nitrogens is 2. The number of hydrogen-bond acceptors (Lipinski definition) is 3. The first-order valence-corrected chi connectivity index (χ1v) is 3.66. The normalized spacial score (nSPS) is 12.6. The van der Waals surface area contributed by atoms with Crippen LogP contribution in [0.1, 0.15) is 18.5 Å². The fourth-order valence-electron chi connectivity index (χ4n) is 0.886. The summed E-state index contributed by atoms with van der Waals surface area (Å²) in [4.78, 5) is 11.0. The molecule has 0 aliphatic heterocycles. The summed E-state index contributed by atoms with van der Waals surface area (Å²) in [5, 5.41) is 3.99. The van der Waals surface area contributed by atoms with E-state index in [0.717, 1.165) is 5.56 Å². The van der Waals surface area contributed by atoms with Crippen LogP contribution in [-0.2, 0) is 4.79 Å². The highest BCUT2D eigenvalue weighted by Gasteiger charge is 2.13. The lowest BCUT2D eigenvalue weighted by molar-refractivity contribution is -0.124. The van der Waals surface area contributed by atoms with E-state index in [-0.39, 0.29) is 11.9 Å². The third-order valence-electron chi connectivity index (χ3n) is 1.65. The highest BCUT2D eigenvalue weighted by atomic mass is 16.2. The summed E-state index contributed by atoms with van der Waals surface area (Å²) in [6.45, 7) is 3.64. The first-order chi connectivity index (χ1) is 5.65. The average Bonchev–Trinajstić information content (AvgIpc) is 2.49. The molecule has 0 saturated heterocycles. The van der Waals surface area contributed by atoms with Gasteiger partial charge in [0.15, 0.2) is 0 Å². The summed E-state index contributed by atoms with van der Waals surface area (Å²) >= 11 is 0. The minimum absolute atomic E-state index is 0.252. The molecule has 1 aromatic heterocycles. The number of hydrazine groups is 1. The number of rotatable bonds is 2. The van der Waals surface area contributed by atoms with E-state index < -0.39 is 0 Å². The fourth-order valence-corrected chi connectivity index (χ4v) is 0.886. The van der Waals surface area contributed by atoms with Crippen molar-refractivity contribution in [2.75, 3.05) is 0 Å². The van der Waals surface area contributed by atoms with Crippen LogP contribution in [0.3, 0.4) is 0 Å². The minimum Gasteiger partial charge on any atom is -0.292 e. The summed E-state index contributed by atoms with van der Waals surface area (Å²) in [5.74, 6) is 4.72. The quantitative estimate of drug-likeness (QED) is 0.363. The molecule has 5 nitrogen and oxygen atoms in total. The summed E-state index contributed by atoms with van der Waals surface area (Å²) in [6, 6.07) is -0.358. The Hall–Kier alpha value is -1.36. The van der Waals surface area contributed by atoms with Crippen LogP contribution in [0.15, 0.2) is 12.4 Å². The zero-order valence-corrected chi connectivity index (χ0v) is 7.11. The van der Waals surface area contributed by atoms with Crippen LogP contribution >= 0.6 is 0 Å². The molecule has 0 saturated carbocycles. The van der Waals surface area contributed by atoms with Crippen LogP contribution in [0, 0.1) is 6.92 Å². The van der Waals surface area contributed by atoms with Gasteiger partial charge in [-0.25, -0.2) is 5.84 Å². The molecule has 1 aromatic rings. The molecule has 0 aliphatic carbocycles. The Morgan fingerprint density at radius 3 is 2.92 bits per heavy atom. The first kappa shape index (κ1) is 8.73. The summed E-state index contributed by atoms with van der Waals surface area (Å²) < 4.78 is 1.57. The third-order valence-corrected chi connectivity index (χ3v) is 1.65. The average molecular weight is 168 g/mol. The van der Waals surface area contributed by atoms with Crippen molar-refractivity contribution >= 4 is 5.91 Å². The smallest absolute Gasteiger partial charge is 0.258 e. The van der Waals surface area contributed by atoms with Crippen molar-refractivity contribution in [1.29, 1.82) is 0 Å². The lowest BCUT2D eigenvalue weighted by atomic mass is 10.3. The van der Waals surface area contributed by atoms with E-state index in [4.69, 9.17) is 5.84 Å². The van der Waals surface area contributed by atoms with Gasteiger partial charge in [-0.1, -0.05) is 0 Å². The molecule has 0 aliphatic rings. The molecule has 1 atom stereocenters. The Morgan fingerprint density at radius 1 is 1.83 bits per heavy atom. The zero-order chi connectivity index (χ0) is 9.14. The summed E-state index contributed by atoms with van der Waals surface area (Å²) in [7, 11) is 0. The van der Waals surface area contributed by atoms with Gasteiger partial charge in [0, 0.05) is 6.20 Å². The van der Waals surface area contributed by atoms with Gasteiger partial charge in [0.2, 0.25) is 0 Å². The second-order valence-electron chi connectivity index (χ2n) is 2.68. The molecule has 0 fully saturated rings. The number of amides is 1. The molecule has 0 spiro atoms. The van der Waals surface area contributed by atoms with Crippen LogP contribution in [-0.4, -0.2) is 15.7 Å². The molecule has 0 unspecified atom stereocenters. The predicted molar refractivity (Wildman–Crippen MR) is 44.0 cm³/mol. The number of hydrogen-bond donors (Lipinski definition) is 2. The highest BCUT2D eigenvalue weighted by molar-refractivity contribution is 5.79. The standard InChI is InChI=1S/C7H12N4O/c1-5-3-9-11(4-5)6(2)7(12)10-8/h3-4,6H,8H2,1-2H3,(H,10,12)/t6-/m1/s1. The van der Waals surface area contributed by atoms with Gasteiger partial charge < -0.3 is 0 Å². The van der Waals surface area contributed by atoms with E-state index >= 15 is 0 Å². The van der Waals surface area contributed by atoms with Crippen LogP contribution in [0.2, 0.25) is 0 Å². The van der Waals surface area contributed by atoms with Crippen molar-refractivity contribution in [2.24, 2.45) is 5.84 Å². The van der Waals surface area contributed by atoms with Crippen molar-refractivity contribution in [2.45, 2.75) is 19.9 Å². The van der Waals surface area contributed by atoms with Gasteiger partial charge in [0.25, 0.3) is 5.91 Å². The molecular formula is C7H12N4O. The summed E-state index contributed by atoms with van der Waals surface area (Å²) in [5.41, 5.74) is 3.09. The molecule has 1 amide bonds. The molecular weight excluding hydrogens is 156 g/mol. The molecule has 1 rings (SSSR count). The molecule has 0 aromatic carbocycles.